The number of esters is 2. The highest BCUT2D eigenvalue weighted by atomic mass is 16.7. The quantitative estimate of drug-likeness (QED) is 0.0199. The van der Waals surface area contributed by atoms with E-state index in [-0.39, 0.29) is 32.2 Å². The van der Waals surface area contributed by atoms with Crippen molar-refractivity contribution < 1.29 is 42.9 Å². The third-order valence-electron chi connectivity index (χ3n) is 9.76. The Labute approximate surface area is 332 Å². The Hall–Kier alpha value is -1.97. The lowest BCUT2D eigenvalue weighted by atomic mass is 10.0. The number of hydrogen-bond acceptors (Lipinski definition) is 8. The average Bonchev–Trinajstić information content (AvgIpc) is 3.12. The summed E-state index contributed by atoms with van der Waals surface area (Å²) in [7, 11) is 5.91. The topological polar surface area (TPSA) is 111 Å². The molecule has 0 aliphatic carbocycles. The van der Waals surface area contributed by atoms with Gasteiger partial charge in [0, 0.05) is 12.8 Å². The van der Waals surface area contributed by atoms with Crippen LogP contribution in [0.2, 0.25) is 0 Å². The van der Waals surface area contributed by atoms with E-state index in [1.807, 2.05) is 21.1 Å². The van der Waals surface area contributed by atoms with Crippen molar-refractivity contribution in [1.29, 1.82) is 0 Å². The minimum absolute atomic E-state index is 0.149. The molecule has 0 saturated heterocycles. The molecule has 0 aromatic carbocycles. The van der Waals surface area contributed by atoms with Crippen LogP contribution in [0.3, 0.4) is 0 Å². The van der Waals surface area contributed by atoms with E-state index in [9.17, 15) is 19.5 Å². The summed E-state index contributed by atoms with van der Waals surface area (Å²) in [5.74, 6) is -2.28. The highest BCUT2D eigenvalue weighted by Gasteiger charge is 2.21. The maximum Gasteiger partial charge on any atom is 0.306 e. The van der Waals surface area contributed by atoms with Gasteiger partial charge in [0.05, 0.1) is 40.3 Å². The van der Waals surface area contributed by atoms with Crippen LogP contribution < -0.4 is 5.11 Å². The fourth-order valence-corrected chi connectivity index (χ4v) is 6.24. The first-order valence-electron chi connectivity index (χ1n) is 22.3. The molecule has 0 bridgehead atoms. The van der Waals surface area contributed by atoms with Crippen LogP contribution >= 0.6 is 0 Å². The average molecular weight is 768 g/mol. The Morgan fingerprint density at radius 2 is 0.944 bits per heavy atom. The molecule has 9 nitrogen and oxygen atoms in total. The molecule has 0 aromatic heterocycles. The molecule has 0 fully saturated rings. The van der Waals surface area contributed by atoms with Crippen molar-refractivity contribution in [3.63, 3.8) is 0 Å². The second kappa shape index (κ2) is 37.9. The Kier molecular flexibility index (Phi) is 36.5. The van der Waals surface area contributed by atoms with Crippen molar-refractivity contribution in [2.45, 2.75) is 212 Å². The van der Waals surface area contributed by atoms with Crippen molar-refractivity contribution in [2.75, 3.05) is 47.5 Å². The lowest BCUT2D eigenvalue weighted by molar-refractivity contribution is -0.870. The van der Waals surface area contributed by atoms with E-state index < -0.39 is 24.3 Å². The van der Waals surface area contributed by atoms with Crippen LogP contribution in [0.15, 0.2) is 12.2 Å². The zero-order valence-electron chi connectivity index (χ0n) is 35.9. The molecule has 2 atom stereocenters. The first-order valence-corrected chi connectivity index (χ1v) is 22.3. The second-order valence-electron chi connectivity index (χ2n) is 16.3. The smallest absolute Gasteiger partial charge is 0.306 e. The molecule has 318 valence electrons. The van der Waals surface area contributed by atoms with Gasteiger partial charge in [-0.3, -0.25) is 9.59 Å². The molecule has 2 unspecified atom stereocenters. The number of likely N-dealkylation sites (N-methyl/N-ethyl adjacent to an activating group) is 1. The molecular weight excluding hydrogens is 682 g/mol. The highest BCUT2D eigenvalue weighted by molar-refractivity contribution is 5.70. The van der Waals surface area contributed by atoms with Crippen LogP contribution in [0.25, 0.3) is 0 Å². The molecule has 0 amide bonds. The molecule has 0 rings (SSSR count). The Bertz CT molecular complexity index is 903. The predicted octanol–water partition coefficient (Wildman–Crippen LogP) is 10.2. The molecule has 0 aromatic rings. The Balaban J connectivity index is 4.44. The fourth-order valence-electron chi connectivity index (χ4n) is 6.24. The van der Waals surface area contributed by atoms with Gasteiger partial charge in [-0.15, -0.1) is 0 Å². The molecule has 0 saturated carbocycles. The van der Waals surface area contributed by atoms with Crippen LogP contribution in [0.4, 0.5) is 0 Å². The third-order valence-corrected chi connectivity index (χ3v) is 9.76. The molecule has 0 heterocycles. The van der Waals surface area contributed by atoms with E-state index in [2.05, 4.69) is 26.0 Å². The molecule has 54 heavy (non-hydrogen) atoms. The number of carbonyl (C=O) groups excluding carboxylic acids is 3. The monoisotopic (exact) mass is 768 g/mol. The van der Waals surface area contributed by atoms with Gasteiger partial charge in [-0.2, -0.15) is 0 Å². The third kappa shape index (κ3) is 38.3. The predicted molar refractivity (Wildman–Crippen MR) is 219 cm³/mol. The fraction of sp³-hybridized carbons (Fsp3) is 0.889. The molecule has 0 aliphatic rings. The second-order valence-corrected chi connectivity index (χ2v) is 16.3. The number of carbonyl (C=O) groups is 3. The summed E-state index contributed by atoms with van der Waals surface area (Å²) in [5.41, 5.74) is 0. The number of rotatable bonds is 41. The number of carboxylic acid groups (broad SMARTS) is 1. The largest absolute Gasteiger partial charge is 0.545 e. The van der Waals surface area contributed by atoms with Gasteiger partial charge in [0.15, 0.2) is 12.4 Å². The van der Waals surface area contributed by atoms with Gasteiger partial charge in [0.1, 0.15) is 13.2 Å². The van der Waals surface area contributed by atoms with E-state index in [0.717, 1.165) is 51.4 Å². The lowest BCUT2D eigenvalue weighted by Gasteiger charge is -2.26. The number of nitrogens with zero attached hydrogens (tertiary/aromatic N) is 1. The number of hydrogen-bond donors (Lipinski definition) is 0. The first kappa shape index (κ1) is 52.0. The van der Waals surface area contributed by atoms with Crippen LogP contribution in [0.1, 0.15) is 200 Å². The van der Waals surface area contributed by atoms with Gasteiger partial charge in [0.2, 0.25) is 0 Å². The molecule has 0 aliphatic heterocycles. The van der Waals surface area contributed by atoms with E-state index in [4.69, 9.17) is 18.9 Å². The minimum Gasteiger partial charge on any atom is -0.545 e. The number of unbranched alkanes of at least 4 members (excludes halogenated alkanes) is 24. The number of ether oxygens (including phenoxy) is 4. The first-order chi connectivity index (χ1) is 26.1. The number of aliphatic carboxylic acids is 1. The van der Waals surface area contributed by atoms with E-state index in [1.165, 1.54) is 116 Å². The van der Waals surface area contributed by atoms with Crippen molar-refractivity contribution in [1.82, 2.24) is 0 Å². The zero-order valence-corrected chi connectivity index (χ0v) is 35.9. The summed E-state index contributed by atoms with van der Waals surface area (Å²) in [4.78, 5) is 36.9. The van der Waals surface area contributed by atoms with Gasteiger partial charge >= 0.3 is 11.9 Å². The van der Waals surface area contributed by atoms with Crippen LogP contribution in [0, 0.1) is 0 Å². The van der Waals surface area contributed by atoms with E-state index in [1.54, 1.807) is 0 Å². The molecule has 0 N–H and O–H groups in total. The summed E-state index contributed by atoms with van der Waals surface area (Å²) in [6.07, 6.45) is 35.2. The molecule has 0 radical (unpaired) electrons. The zero-order chi connectivity index (χ0) is 40.0. The highest BCUT2D eigenvalue weighted by Crippen LogP contribution is 2.15. The van der Waals surface area contributed by atoms with Crippen molar-refractivity contribution >= 4 is 17.9 Å². The van der Waals surface area contributed by atoms with Crippen LogP contribution in [-0.4, -0.2) is 82.3 Å². The molecule has 9 heteroatoms. The molecular formula is C45H85NO8. The summed E-state index contributed by atoms with van der Waals surface area (Å²) < 4.78 is 22.5. The van der Waals surface area contributed by atoms with Crippen LogP contribution in [-0.2, 0) is 33.3 Å². The maximum atomic E-state index is 12.7. The maximum absolute atomic E-state index is 12.7. The van der Waals surface area contributed by atoms with Crippen LogP contribution in [0.5, 0.6) is 0 Å². The summed E-state index contributed by atoms with van der Waals surface area (Å²) >= 11 is 0. The standard InChI is InChI=1S/C45H85NO8/c1-6-8-10-12-14-16-18-20-21-22-24-26-28-30-32-34-36-43(48)54-41(40-53-45(44(49)50)51-38-37-46(3,4)5)39-52-42(47)35-33-31-29-27-25-23-19-17-15-13-11-9-7-2/h21-22,41,45H,6-20,23-40H2,1-5H3/b22-21-. The minimum atomic E-state index is -1.62. The van der Waals surface area contributed by atoms with Gasteiger partial charge in [-0.25, -0.2) is 0 Å². The van der Waals surface area contributed by atoms with Gasteiger partial charge in [-0.05, 0) is 38.5 Å². The van der Waals surface area contributed by atoms with E-state index in [0.29, 0.717) is 23.9 Å². The molecule has 0 spiro atoms. The lowest BCUT2D eigenvalue weighted by Crippen LogP contribution is -2.44. The Morgan fingerprint density at radius 3 is 1.37 bits per heavy atom. The van der Waals surface area contributed by atoms with Gasteiger partial charge in [0.25, 0.3) is 0 Å². The number of quaternary nitrogens is 1. The summed E-state index contributed by atoms with van der Waals surface area (Å²) in [6.45, 7) is 4.74. The summed E-state index contributed by atoms with van der Waals surface area (Å²) in [5, 5.41) is 11.7. The van der Waals surface area contributed by atoms with Crippen molar-refractivity contribution in [2.24, 2.45) is 0 Å². The van der Waals surface area contributed by atoms with Gasteiger partial charge < -0.3 is 33.3 Å². The van der Waals surface area contributed by atoms with Crippen molar-refractivity contribution in [3.05, 3.63) is 12.2 Å². The number of carboxylic acids is 1. The summed E-state index contributed by atoms with van der Waals surface area (Å²) in [6, 6.07) is 0. The number of allylic oxidation sites excluding steroid dienone is 2. The van der Waals surface area contributed by atoms with Gasteiger partial charge in [-0.1, -0.05) is 161 Å². The normalized spacial score (nSPS) is 13.0. The SMILES string of the molecule is CCCCCCCCC/C=C\CCCCCCCC(=O)OC(COC(=O)CCCCCCCCCCCCCCC)COC(OCC[N+](C)(C)C)C(=O)[O-]. The Morgan fingerprint density at radius 1 is 0.537 bits per heavy atom. The van der Waals surface area contributed by atoms with Crippen molar-refractivity contribution in [3.8, 4) is 0 Å². The van der Waals surface area contributed by atoms with E-state index >= 15 is 0 Å².